The van der Waals surface area contributed by atoms with Crippen molar-refractivity contribution in [2.45, 2.75) is 19.8 Å². The van der Waals surface area contributed by atoms with Gasteiger partial charge in [-0.2, -0.15) is 5.10 Å². The zero-order chi connectivity index (χ0) is 20.2. The van der Waals surface area contributed by atoms with Crippen LogP contribution in [0.3, 0.4) is 0 Å². The minimum atomic E-state index is -0.507. The van der Waals surface area contributed by atoms with E-state index < -0.39 is 6.09 Å². The van der Waals surface area contributed by atoms with E-state index in [2.05, 4.69) is 51.4 Å². The molecule has 6 nitrogen and oxygen atoms in total. The third-order valence-electron chi connectivity index (χ3n) is 4.79. The van der Waals surface area contributed by atoms with Crippen LogP contribution in [0.5, 0.6) is 0 Å². The van der Waals surface area contributed by atoms with Crippen molar-refractivity contribution in [2.75, 3.05) is 12.4 Å². The fourth-order valence-corrected chi connectivity index (χ4v) is 3.33. The van der Waals surface area contributed by atoms with E-state index in [9.17, 15) is 4.79 Å². The second-order valence-corrected chi connectivity index (χ2v) is 6.81. The molecule has 0 unspecified atom stereocenters. The summed E-state index contributed by atoms with van der Waals surface area (Å²) in [5.74, 6) is 0. The standard InChI is InChI=1S/C23H22N4O2/c1-3-5-15-8-10-16(11-9-15)21-19-12-13-20(25-22(19)27-26-21)17-6-4-7-18(14-17)24-23(28)29-2/h4,6-14H,3,5H2,1-2H3,(H,24,28)(H,25,26,27). The number of pyridine rings is 1. The van der Waals surface area contributed by atoms with Crippen molar-refractivity contribution < 1.29 is 9.53 Å². The average molecular weight is 386 g/mol. The summed E-state index contributed by atoms with van der Waals surface area (Å²) in [6.45, 7) is 2.18. The third-order valence-corrected chi connectivity index (χ3v) is 4.79. The summed E-state index contributed by atoms with van der Waals surface area (Å²) in [6, 6.07) is 20.0. The number of H-pyrrole nitrogens is 1. The van der Waals surface area contributed by atoms with Crippen molar-refractivity contribution >= 4 is 22.8 Å². The van der Waals surface area contributed by atoms with Gasteiger partial charge in [0.25, 0.3) is 0 Å². The maximum Gasteiger partial charge on any atom is 0.411 e. The van der Waals surface area contributed by atoms with Crippen molar-refractivity contribution in [3.8, 4) is 22.5 Å². The number of methoxy groups -OCH3 is 1. The Morgan fingerprint density at radius 2 is 1.90 bits per heavy atom. The van der Waals surface area contributed by atoms with Gasteiger partial charge in [-0.1, -0.05) is 49.7 Å². The number of carbonyl (C=O) groups is 1. The average Bonchev–Trinajstić information content (AvgIpc) is 3.18. The first kappa shape index (κ1) is 18.7. The molecule has 6 heteroatoms. The van der Waals surface area contributed by atoms with Crippen molar-refractivity contribution in [2.24, 2.45) is 0 Å². The molecule has 0 bridgehead atoms. The van der Waals surface area contributed by atoms with Gasteiger partial charge in [-0.3, -0.25) is 10.4 Å². The highest BCUT2D eigenvalue weighted by Gasteiger charge is 2.11. The number of aromatic nitrogens is 3. The lowest BCUT2D eigenvalue weighted by Crippen LogP contribution is -2.10. The van der Waals surface area contributed by atoms with Crippen LogP contribution in [0, 0.1) is 0 Å². The van der Waals surface area contributed by atoms with E-state index in [0.717, 1.165) is 40.7 Å². The Morgan fingerprint density at radius 1 is 1.07 bits per heavy atom. The summed E-state index contributed by atoms with van der Waals surface area (Å²) in [5, 5.41) is 11.2. The van der Waals surface area contributed by atoms with Crippen molar-refractivity contribution in [3.05, 3.63) is 66.2 Å². The molecule has 0 aliphatic carbocycles. The lowest BCUT2D eigenvalue weighted by Gasteiger charge is -2.06. The summed E-state index contributed by atoms with van der Waals surface area (Å²) < 4.78 is 4.64. The molecule has 4 aromatic rings. The lowest BCUT2D eigenvalue weighted by atomic mass is 10.0. The molecule has 0 saturated heterocycles. The highest BCUT2D eigenvalue weighted by atomic mass is 16.5. The van der Waals surface area contributed by atoms with Gasteiger partial charge in [0.05, 0.1) is 18.5 Å². The van der Waals surface area contributed by atoms with E-state index in [0.29, 0.717) is 11.3 Å². The smallest absolute Gasteiger partial charge is 0.411 e. The molecule has 0 radical (unpaired) electrons. The number of aromatic amines is 1. The third kappa shape index (κ3) is 3.96. The Balaban J connectivity index is 1.65. The van der Waals surface area contributed by atoms with Crippen LogP contribution >= 0.6 is 0 Å². The summed E-state index contributed by atoms with van der Waals surface area (Å²) in [6.07, 6.45) is 1.71. The quantitative estimate of drug-likeness (QED) is 0.480. The molecule has 2 heterocycles. The number of nitrogens with zero attached hydrogens (tertiary/aromatic N) is 2. The van der Waals surface area contributed by atoms with Crippen LogP contribution < -0.4 is 5.32 Å². The van der Waals surface area contributed by atoms with Gasteiger partial charge in [-0.05, 0) is 36.2 Å². The maximum absolute atomic E-state index is 11.4. The first-order chi connectivity index (χ1) is 14.2. The number of amides is 1. The Kier molecular flexibility index (Phi) is 5.24. The number of aryl methyl sites for hydroxylation is 1. The van der Waals surface area contributed by atoms with Crippen LogP contribution in [0.4, 0.5) is 10.5 Å². The topological polar surface area (TPSA) is 79.9 Å². The Labute approximate surface area is 168 Å². The summed E-state index contributed by atoms with van der Waals surface area (Å²) in [4.78, 5) is 16.1. The number of nitrogens with one attached hydrogen (secondary N) is 2. The van der Waals surface area contributed by atoms with E-state index in [-0.39, 0.29) is 0 Å². The van der Waals surface area contributed by atoms with Crippen molar-refractivity contribution in [3.63, 3.8) is 0 Å². The van der Waals surface area contributed by atoms with Crippen molar-refractivity contribution in [1.82, 2.24) is 15.2 Å². The van der Waals surface area contributed by atoms with Crippen LogP contribution in [0.25, 0.3) is 33.5 Å². The predicted molar refractivity (Wildman–Crippen MR) is 115 cm³/mol. The highest BCUT2D eigenvalue weighted by molar-refractivity contribution is 5.92. The summed E-state index contributed by atoms with van der Waals surface area (Å²) >= 11 is 0. The van der Waals surface area contributed by atoms with Gasteiger partial charge < -0.3 is 4.74 Å². The van der Waals surface area contributed by atoms with E-state index in [4.69, 9.17) is 4.98 Å². The molecule has 0 aliphatic heterocycles. The van der Waals surface area contributed by atoms with Gasteiger partial charge in [0.1, 0.15) is 0 Å². The van der Waals surface area contributed by atoms with E-state index in [1.807, 2.05) is 30.3 Å². The monoisotopic (exact) mass is 386 g/mol. The van der Waals surface area contributed by atoms with Crippen LogP contribution in [-0.2, 0) is 11.2 Å². The minimum absolute atomic E-state index is 0.507. The number of ether oxygens (including phenoxy) is 1. The van der Waals surface area contributed by atoms with E-state index in [1.54, 1.807) is 6.07 Å². The molecule has 4 rings (SSSR count). The van der Waals surface area contributed by atoms with Crippen LogP contribution in [0.2, 0.25) is 0 Å². The largest absolute Gasteiger partial charge is 0.453 e. The Bertz CT molecular complexity index is 1150. The lowest BCUT2D eigenvalue weighted by molar-refractivity contribution is 0.187. The van der Waals surface area contributed by atoms with Gasteiger partial charge in [0.15, 0.2) is 5.65 Å². The molecule has 146 valence electrons. The molecule has 29 heavy (non-hydrogen) atoms. The number of rotatable bonds is 5. The molecule has 2 aromatic carbocycles. The summed E-state index contributed by atoms with van der Waals surface area (Å²) in [5.41, 5.74) is 6.35. The molecule has 0 spiro atoms. The molecule has 1 amide bonds. The van der Waals surface area contributed by atoms with Gasteiger partial charge in [-0.25, -0.2) is 9.78 Å². The fourth-order valence-electron chi connectivity index (χ4n) is 3.33. The van der Waals surface area contributed by atoms with Gasteiger partial charge >= 0.3 is 6.09 Å². The first-order valence-corrected chi connectivity index (χ1v) is 9.58. The van der Waals surface area contributed by atoms with Gasteiger partial charge in [0.2, 0.25) is 0 Å². The Hall–Kier alpha value is -3.67. The second-order valence-electron chi connectivity index (χ2n) is 6.81. The van der Waals surface area contributed by atoms with Crippen LogP contribution in [0.15, 0.2) is 60.7 Å². The molecular formula is C23H22N4O2. The molecular weight excluding hydrogens is 364 g/mol. The molecule has 0 aliphatic rings. The SMILES string of the molecule is CCCc1ccc(-c2[nH]nc3nc(-c4cccc(NC(=O)OC)c4)ccc23)cc1. The second kappa shape index (κ2) is 8.14. The number of hydrogen-bond acceptors (Lipinski definition) is 4. The zero-order valence-electron chi connectivity index (χ0n) is 16.4. The number of hydrogen-bond donors (Lipinski definition) is 2. The van der Waals surface area contributed by atoms with E-state index >= 15 is 0 Å². The first-order valence-electron chi connectivity index (χ1n) is 9.58. The number of anilines is 1. The molecule has 2 N–H and O–H groups in total. The molecule has 0 atom stereocenters. The normalized spacial score (nSPS) is 10.8. The maximum atomic E-state index is 11.4. The van der Waals surface area contributed by atoms with Gasteiger partial charge in [0, 0.05) is 22.2 Å². The van der Waals surface area contributed by atoms with Crippen molar-refractivity contribution in [1.29, 1.82) is 0 Å². The number of benzene rings is 2. The van der Waals surface area contributed by atoms with E-state index in [1.165, 1.54) is 12.7 Å². The van der Waals surface area contributed by atoms with Gasteiger partial charge in [-0.15, -0.1) is 0 Å². The predicted octanol–water partition coefficient (Wildman–Crippen LogP) is 5.42. The minimum Gasteiger partial charge on any atom is -0.453 e. The molecule has 2 aromatic heterocycles. The number of carbonyl (C=O) groups excluding carboxylic acids is 1. The highest BCUT2D eigenvalue weighted by Crippen LogP contribution is 2.29. The van der Waals surface area contributed by atoms with Crippen LogP contribution in [-0.4, -0.2) is 28.4 Å². The van der Waals surface area contributed by atoms with Crippen LogP contribution in [0.1, 0.15) is 18.9 Å². The molecule has 0 fully saturated rings. The zero-order valence-corrected chi connectivity index (χ0v) is 16.4. The Morgan fingerprint density at radius 3 is 2.66 bits per heavy atom. The molecule has 0 saturated carbocycles. The fraction of sp³-hybridized carbons (Fsp3) is 0.174. The number of fused-ring (bicyclic) bond motifs is 1. The summed E-state index contributed by atoms with van der Waals surface area (Å²) in [7, 11) is 1.33.